The van der Waals surface area contributed by atoms with Gasteiger partial charge < -0.3 is 5.32 Å². The topological polar surface area (TPSA) is 81.0 Å². The number of nitro groups is 1. The van der Waals surface area contributed by atoms with E-state index in [0.717, 1.165) is 10.5 Å². The van der Waals surface area contributed by atoms with E-state index in [1.165, 1.54) is 18.0 Å². The summed E-state index contributed by atoms with van der Waals surface area (Å²) in [5.41, 5.74) is 0.968. The molecule has 0 fully saturated rings. The van der Waals surface area contributed by atoms with Crippen LogP contribution in [0.15, 0.2) is 40.4 Å². The van der Waals surface area contributed by atoms with Gasteiger partial charge in [0.1, 0.15) is 6.20 Å². The fourth-order valence-corrected chi connectivity index (χ4v) is 2.53. The molecule has 6 nitrogen and oxygen atoms in total. The second kappa shape index (κ2) is 6.33. The fraction of sp³-hybridized carbons (Fsp3) is 0.231. The van der Waals surface area contributed by atoms with E-state index in [9.17, 15) is 10.1 Å². The third kappa shape index (κ3) is 3.24. The number of nitrogens with one attached hydrogen (secondary N) is 1. The Balaban J connectivity index is 2.40. The molecule has 0 radical (unpaired) electrons. The summed E-state index contributed by atoms with van der Waals surface area (Å²) in [7, 11) is 0. The van der Waals surface area contributed by atoms with Crippen molar-refractivity contribution in [2.24, 2.45) is 0 Å². The summed E-state index contributed by atoms with van der Waals surface area (Å²) in [5.74, 6) is 0.397. The van der Waals surface area contributed by atoms with Crippen molar-refractivity contribution in [2.75, 3.05) is 11.9 Å². The Morgan fingerprint density at radius 3 is 2.80 bits per heavy atom. The van der Waals surface area contributed by atoms with Crippen molar-refractivity contribution in [1.82, 2.24) is 9.97 Å². The molecule has 0 aliphatic heterocycles. The van der Waals surface area contributed by atoms with E-state index < -0.39 is 4.92 Å². The molecule has 20 heavy (non-hydrogen) atoms. The summed E-state index contributed by atoms with van der Waals surface area (Å²) in [5, 5.41) is 14.4. The minimum atomic E-state index is -0.462. The molecule has 0 saturated heterocycles. The van der Waals surface area contributed by atoms with Crippen molar-refractivity contribution < 1.29 is 4.92 Å². The van der Waals surface area contributed by atoms with E-state index in [1.54, 1.807) is 0 Å². The first-order valence-corrected chi connectivity index (χ1v) is 6.92. The molecule has 1 aromatic carbocycles. The molecule has 2 aromatic rings. The predicted octanol–water partition coefficient (Wildman–Crippen LogP) is 3.28. The maximum absolute atomic E-state index is 11.1. The van der Waals surface area contributed by atoms with E-state index in [4.69, 9.17) is 0 Å². The van der Waals surface area contributed by atoms with Gasteiger partial charge in [0.15, 0.2) is 5.03 Å². The predicted molar refractivity (Wildman–Crippen MR) is 78.2 cm³/mol. The SMILES string of the molecule is CCNc1ncc([N+](=O)[O-])c(Sc2ccccc2C)n1. The van der Waals surface area contributed by atoms with Crippen molar-refractivity contribution >= 4 is 23.4 Å². The standard InChI is InChI=1S/C13H14N4O2S/c1-3-14-13-15-8-10(17(18)19)12(16-13)20-11-7-5-4-6-9(11)2/h4-8H,3H2,1-2H3,(H,14,15,16). The molecule has 7 heteroatoms. The number of hydrogen-bond acceptors (Lipinski definition) is 6. The van der Waals surface area contributed by atoms with Crippen molar-refractivity contribution in [3.63, 3.8) is 0 Å². The Hall–Kier alpha value is -2.15. The average molecular weight is 290 g/mol. The number of benzene rings is 1. The molecule has 0 spiro atoms. The normalized spacial score (nSPS) is 10.3. The van der Waals surface area contributed by atoms with Crippen LogP contribution >= 0.6 is 11.8 Å². The smallest absolute Gasteiger partial charge is 0.320 e. The van der Waals surface area contributed by atoms with Gasteiger partial charge in [-0.25, -0.2) is 4.98 Å². The van der Waals surface area contributed by atoms with Crippen molar-refractivity contribution in [3.8, 4) is 0 Å². The molecular formula is C13H14N4O2S. The molecule has 0 aliphatic carbocycles. The molecule has 2 rings (SSSR count). The van der Waals surface area contributed by atoms with Crippen LogP contribution in [0, 0.1) is 17.0 Å². The third-order valence-electron chi connectivity index (χ3n) is 2.57. The lowest BCUT2D eigenvalue weighted by Gasteiger charge is -2.07. The van der Waals surface area contributed by atoms with Crippen LogP contribution in [0.4, 0.5) is 11.6 Å². The largest absolute Gasteiger partial charge is 0.354 e. The summed E-state index contributed by atoms with van der Waals surface area (Å²) in [4.78, 5) is 19.7. The molecule has 1 aromatic heterocycles. The van der Waals surface area contributed by atoms with Gasteiger partial charge in [0.25, 0.3) is 0 Å². The van der Waals surface area contributed by atoms with E-state index in [0.29, 0.717) is 17.5 Å². The van der Waals surface area contributed by atoms with Crippen LogP contribution in [0.3, 0.4) is 0 Å². The number of aromatic nitrogens is 2. The summed E-state index contributed by atoms with van der Waals surface area (Å²) in [6.07, 6.45) is 1.24. The Bertz CT molecular complexity index is 634. The molecule has 0 saturated carbocycles. The number of anilines is 1. The zero-order valence-electron chi connectivity index (χ0n) is 11.2. The van der Waals surface area contributed by atoms with Crippen LogP contribution in [-0.4, -0.2) is 21.4 Å². The quantitative estimate of drug-likeness (QED) is 0.517. The number of hydrogen-bond donors (Lipinski definition) is 1. The lowest BCUT2D eigenvalue weighted by molar-refractivity contribution is -0.388. The second-order valence-electron chi connectivity index (χ2n) is 4.04. The highest BCUT2D eigenvalue weighted by Gasteiger charge is 2.18. The molecule has 104 valence electrons. The Kier molecular flexibility index (Phi) is 4.52. The first-order valence-electron chi connectivity index (χ1n) is 6.10. The van der Waals surface area contributed by atoms with Crippen LogP contribution in [0.25, 0.3) is 0 Å². The highest BCUT2D eigenvalue weighted by Crippen LogP contribution is 2.34. The Morgan fingerprint density at radius 1 is 1.40 bits per heavy atom. The first-order chi connectivity index (χ1) is 9.61. The van der Waals surface area contributed by atoms with Crippen LogP contribution in [0.2, 0.25) is 0 Å². The number of aryl methyl sites for hydroxylation is 1. The molecule has 0 unspecified atom stereocenters. The van der Waals surface area contributed by atoms with Crippen LogP contribution in [-0.2, 0) is 0 Å². The highest BCUT2D eigenvalue weighted by molar-refractivity contribution is 7.99. The Morgan fingerprint density at radius 2 is 2.15 bits per heavy atom. The zero-order chi connectivity index (χ0) is 14.5. The lowest BCUT2D eigenvalue weighted by atomic mass is 10.2. The van der Waals surface area contributed by atoms with Gasteiger partial charge in [0.2, 0.25) is 5.95 Å². The summed E-state index contributed by atoms with van der Waals surface area (Å²) < 4.78 is 0. The van der Waals surface area contributed by atoms with Crippen LogP contribution < -0.4 is 5.32 Å². The first kappa shape index (κ1) is 14.3. The minimum absolute atomic E-state index is 0.0834. The zero-order valence-corrected chi connectivity index (χ0v) is 12.0. The van der Waals surface area contributed by atoms with E-state index in [1.807, 2.05) is 38.1 Å². The van der Waals surface area contributed by atoms with E-state index in [2.05, 4.69) is 15.3 Å². The van der Waals surface area contributed by atoms with Gasteiger partial charge in [-0.05, 0) is 25.5 Å². The third-order valence-corrected chi connectivity index (χ3v) is 3.74. The maximum atomic E-state index is 11.1. The van der Waals surface area contributed by atoms with Crippen molar-refractivity contribution in [1.29, 1.82) is 0 Å². The molecular weight excluding hydrogens is 276 g/mol. The molecule has 1 heterocycles. The summed E-state index contributed by atoms with van der Waals surface area (Å²) in [6.45, 7) is 4.53. The number of nitrogens with zero attached hydrogens (tertiary/aromatic N) is 3. The van der Waals surface area contributed by atoms with Gasteiger partial charge in [-0.2, -0.15) is 4.98 Å². The molecule has 0 bridgehead atoms. The van der Waals surface area contributed by atoms with Gasteiger partial charge >= 0.3 is 5.69 Å². The van der Waals surface area contributed by atoms with Gasteiger partial charge in [0.05, 0.1) is 4.92 Å². The molecule has 1 N–H and O–H groups in total. The summed E-state index contributed by atoms with van der Waals surface area (Å²) >= 11 is 1.28. The van der Waals surface area contributed by atoms with E-state index in [-0.39, 0.29) is 5.69 Å². The Labute approximate surface area is 120 Å². The number of rotatable bonds is 5. The highest BCUT2D eigenvalue weighted by atomic mass is 32.2. The van der Waals surface area contributed by atoms with E-state index >= 15 is 0 Å². The molecule has 0 amide bonds. The molecule has 0 aliphatic rings. The van der Waals surface area contributed by atoms with Crippen LogP contribution in [0.5, 0.6) is 0 Å². The second-order valence-corrected chi connectivity index (χ2v) is 5.07. The summed E-state index contributed by atoms with van der Waals surface area (Å²) in [6, 6.07) is 7.70. The fourth-order valence-electron chi connectivity index (χ4n) is 1.58. The van der Waals surface area contributed by atoms with Crippen molar-refractivity contribution in [2.45, 2.75) is 23.8 Å². The minimum Gasteiger partial charge on any atom is -0.354 e. The van der Waals surface area contributed by atoms with Gasteiger partial charge in [-0.3, -0.25) is 10.1 Å². The maximum Gasteiger partial charge on any atom is 0.320 e. The van der Waals surface area contributed by atoms with Gasteiger partial charge in [-0.1, -0.05) is 30.0 Å². The lowest BCUT2D eigenvalue weighted by Crippen LogP contribution is -2.04. The van der Waals surface area contributed by atoms with Crippen LogP contribution in [0.1, 0.15) is 12.5 Å². The van der Waals surface area contributed by atoms with Gasteiger partial charge in [0, 0.05) is 11.4 Å². The monoisotopic (exact) mass is 290 g/mol. The van der Waals surface area contributed by atoms with Gasteiger partial charge in [-0.15, -0.1) is 0 Å². The average Bonchev–Trinajstić information content (AvgIpc) is 2.42. The molecule has 0 atom stereocenters. The van der Waals surface area contributed by atoms with Crippen molar-refractivity contribution in [3.05, 3.63) is 46.1 Å².